The summed E-state index contributed by atoms with van der Waals surface area (Å²) in [6, 6.07) is 13.7. The second kappa shape index (κ2) is 8.36. The summed E-state index contributed by atoms with van der Waals surface area (Å²) in [4.78, 5) is 21.2. The van der Waals surface area contributed by atoms with Gasteiger partial charge in [-0.1, -0.05) is 18.2 Å². The van der Waals surface area contributed by atoms with Crippen LogP contribution in [0.15, 0.2) is 60.9 Å². The molecule has 0 aliphatic rings. The van der Waals surface area contributed by atoms with Crippen LogP contribution in [0, 0.1) is 12.7 Å². The van der Waals surface area contributed by atoms with E-state index in [4.69, 9.17) is 0 Å². The number of anilines is 1. The van der Waals surface area contributed by atoms with Crippen LogP contribution in [0.5, 0.6) is 0 Å². The number of rotatable bonds is 5. The molecular formula is C25H23FN4O2. The van der Waals surface area contributed by atoms with Crippen molar-refractivity contribution >= 4 is 29.4 Å². The van der Waals surface area contributed by atoms with Crippen LogP contribution >= 0.6 is 0 Å². The van der Waals surface area contributed by atoms with E-state index in [9.17, 15) is 14.3 Å². The second-order valence-corrected chi connectivity index (χ2v) is 8.06. The molecule has 1 aromatic carbocycles. The average molecular weight is 430 g/mol. The lowest BCUT2D eigenvalue weighted by molar-refractivity contribution is 0.0736. The van der Waals surface area contributed by atoms with E-state index in [-0.39, 0.29) is 11.7 Å². The molecule has 0 spiro atoms. The Morgan fingerprint density at radius 2 is 1.84 bits per heavy atom. The summed E-state index contributed by atoms with van der Waals surface area (Å²) < 4.78 is 14.8. The minimum absolute atomic E-state index is 0.236. The molecule has 0 fully saturated rings. The number of carbonyl (C=O) groups excluding carboxylic acids is 1. The fraction of sp³-hybridized carbons (Fsp3) is 0.160. The minimum Gasteiger partial charge on any atom is -0.384 e. The number of aryl methyl sites for hydroxylation is 1. The Balaban J connectivity index is 1.48. The van der Waals surface area contributed by atoms with Crippen molar-refractivity contribution in [1.29, 1.82) is 0 Å². The summed E-state index contributed by atoms with van der Waals surface area (Å²) in [7, 11) is 0. The van der Waals surface area contributed by atoms with E-state index >= 15 is 0 Å². The van der Waals surface area contributed by atoms with Crippen molar-refractivity contribution in [3.05, 3.63) is 95.0 Å². The van der Waals surface area contributed by atoms with E-state index in [1.165, 1.54) is 12.3 Å². The molecule has 6 nitrogen and oxygen atoms in total. The molecule has 32 heavy (non-hydrogen) atoms. The topological polar surface area (TPSA) is 79.5 Å². The number of benzene rings is 1. The van der Waals surface area contributed by atoms with Crippen LogP contribution in [-0.2, 0) is 5.60 Å². The summed E-state index contributed by atoms with van der Waals surface area (Å²) in [5, 5.41) is 13.2. The maximum atomic E-state index is 12.9. The number of hydrogen-bond acceptors (Lipinski definition) is 4. The molecule has 2 N–H and O–H groups in total. The van der Waals surface area contributed by atoms with Crippen molar-refractivity contribution in [3.8, 4) is 0 Å². The van der Waals surface area contributed by atoms with Gasteiger partial charge in [0.25, 0.3) is 5.91 Å². The zero-order valence-corrected chi connectivity index (χ0v) is 18.0. The highest BCUT2D eigenvalue weighted by Gasteiger charge is 2.23. The molecule has 0 aliphatic carbocycles. The normalized spacial score (nSPS) is 11.9. The Hall–Kier alpha value is -3.84. The van der Waals surface area contributed by atoms with Crippen molar-refractivity contribution in [2.24, 2.45) is 0 Å². The molecular weight excluding hydrogens is 407 g/mol. The maximum Gasteiger partial charge on any atom is 0.255 e. The van der Waals surface area contributed by atoms with Crippen LogP contribution < -0.4 is 5.32 Å². The molecule has 0 bridgehead atoms. The highest BCUT2D eigenvalue weighted by molar-refractivity contribution is 6.04. The smallest absolute Gasteiger partial charge is 0.255 e. The molecule has 0 atom stereocenters. The largest absolute Gasteiger partial charge is 0.384 e. The fourth-order valence-corrected chi connectivity index (χ4v) is 3.43. The van der Waals surface area contributed by atoms with Crippen molar-refractivity contribution < 1.29 is 14.3 Å². The zero-order valence-electron chi connectivity index (χ0n) is 18.0. The molecule has 0 radical (unpaired) electrons. The van der Waals surface area contributed by atoms with Gasteiger partial charge < -0.3 is 14.8 Å². The maximum absolute atomic E-state index is 12.9. The first-order valence-electron chi connectivity index (χ1n) is 10.1. The number of amides is 1. The number of pyridine rings is 2. The summed E-state index contributed by atoms with van der Waals surface area (Å²) in [6.45, 7) is 5.27. The lowest BCUT2D eigenvalue weighted by atomic mass is 10.0. The molecule has 0 unspecified atom stereocenters. The van der Waals surface area contributed by atoms with Crippen LogP contribution in [0.4, 0.5) is 10.1 Å². The molecule has 3 aromatic heterocycles. The molecule has 0 saturated heterocycles. The van der Waals surface area contributed by atoms with E-state index < -0.39 is 5.60 Å². The number of nitrogens with zero attached hydrogens (tertiary/aromatic N) is 3. The van der Waals surface area contributed by atoms with Crippen molar-refractivity contribution in [3.63, 3.8) is 0 Å². The first-order chi connectivity index (χ1) is 15.2. The first kappa shape index (κ1) is 21.4. The second-order valence-electron chi connectivity index (χ2n) is 8.06. The van der Waals surface area contributed by atoms with E-state index in [1.54, 1.807) is 56.5 Å². The Bertz CT molecular complexity index is 1300. The average Bonchev–Trinajstić information content (AvgIpc) is 3.10. The number of carbonyl (C=O) groups is 1. The monoisotopic (exact) mass is 430 g/mol. The van der Waals surface area contributed by atoms with Gasteiger partial charge in [-0.25, -0.2) is 9.37 Å². The predicted octanol–water partition coefficient (Wildman–Crippen LogP) is 4.83. The third-order valence-electron chi connectivity index (χ3n) is 5.06. The Kier molecular flexibility index (Phi) is 5.59. The molecule has 7 heteroatoms. The van der Waals surface area contributed by atoms with Gasteiger partial charge >= 0.3 is 0 Å². The van der Waals surface area contributed by atoms with Gasteiger partial charge in [-0.15, -0.1) is 0 Å². The van der Waals surface area contributed by atoms with Gasteiger partial charge in [-0.3, -0.25) is 9.78 Å². The number of halogens is 1. The van der Waals surface area contributed by atoms with E-state index in [1.807, 2.05) is 29.5 Å². The Morgan fingerprint density at radius 1 is 1.09 bits per heavy atom. The Labute approximate surface area is 185 Å². The molecule has 3 heterocycles. The van der Waals surface area contributed by atoms with Gasteiger partial charge in [0.2, 0.25) is 0 Å². The summed E-state index contributed by atoms with van der Waals surface area (Å²) in [6.07, 6.45) is 6.58. The predicted molar refractivity (Wildman–Crippen MR) is 123 cm³/mol. The van der Waals surface area contributed by atoms with Crippen LogP contribution in [0.25, 0.3) is 17.8 Å². The fourth-order valence-electron chi connectivity index (χ4n) is 3.43. The lowest BCUT2D eigenvalue weighted by Crippen LogP contribution is -2.17. The standard InChI is InChI=1S/C25H23FN4O2/c1-16-23(25(2,3)32)29-22-13-12-21(15-30(16)22)28-24(31)18-7-4-17(5-8-18)6-10-20-11-9-19(26)14-27-20/h4-15,32H,1-3H3,(H,28,31). The number of aliphatic hydroxyl groups is 1. The van der Waals surface area contributed by atoms with Gasteiger partial charge in [0.15, 0.2) is 0 Å². The zero-order chi connectivity index (χ0) is 22.9. The van der Waals surface area contributed by atoms with Crippen LogP contribution in [0.2, 0.25) is 0 Å². The molecule has 4 rings (SSSR count). The minimum atomic E-state index is -1.05. The summed E-state index contributed by atoms with van der Waals surface area (Å²) in [5.41, 5.74) is 3.73. The SMILES string of the molecule is Cc1c(C(C)(C)O)nc2ccc(NC(=O)c3ccc(C=Cc4ccc(F)cn4)cc3)cn12. The molecule has 4 aromatic rings. The summed E-state index contributed by atoms with van der Waals surface area (Å²) in [5.74, 6) is -0.613. The summed E-state index contributed by atoms with van der Waals surface area (Å²) >= 11 is 0. The quantitative estimate of drug-likeness (QED) is 0.475. The van der Waals surface area contributed by atoms with E-state index in [2.05, 4.69) is 15.3 Å². The highest BCUT2D eigenvalue weighted by Crippen LogP contribution is 2.25. The van der Waals surface area contributed by atoms with Crippen LogP contribution in [-0.4, -0.2) is 25.4 Å². The molecule has 1 amide bonds. The third kappa shape index (κ3) is 4.58. The number of fused-ring (bicyclic) bond motifs is 1. The number of imidazole rings is 1. The van der Waals surface area contributed by atoms with Gasteiger partial charge in [-0.05, 0) is 68.8 Å². The molecule has 0 aliphatic heterocycles. The first-order valence-corrected chi connectivity index (χ1v) is 10.1. The highest BCUT2D eigenvalue weighted by atomic mass is 19.1. The van der Waals surface area contributed by atoms with E-state index in [0.29, 0.717) is 28.3 Å². The van der Waals surface area contributed by atoms with Gasteiger partial charge in [0.05, 0.1) is 23.3 Å². The van der Waals surface area contributed by atoms with Gasteiger partial charge in [0.1, 0.15) is 17.1 Å². The van der Waals surface area contributed by atoms with Crippen molar-refractivity contribution in [1.82, 2.24) is 14.4 Å². The van der Waals surface area contributed by atoms with Crippen LogP contribution in [0.1, 0.15) is 46.9 Å². The van der Waals surface area contributed by atoms with Crippen LogP contribution in [0.3, 0.4) is 0 Å². The molecule has 0 saturated carbocycles. The number of nitrogens with one attached hydrogen (secondary N) is 1. The molecule has 162 valence electrons. The lowest BCUT2D eigenvalue weighted by Gasteiger charge is -2.15. The van der Waals surface area contributed by atoms with Crippen molar-refractivity contribution in [2.45, 2.75) is 26.4 Å². The van der Waals surface area contributed by atoms with Gasteiger partial charge in [-0.2, -0.15) is 0 Å². The third-order valence-corrected chi connectivity index (χ3v) is 5.06. The van der Waals surface area contributed by atoms with Gasteiger partial charge in [0, 0.05) is 17.5 Å². The van der Waals surface area contributed by atoms with Crippen molar-refractivity contribution in [2.75, 3.05) is 5.32 Å². The Morgan fingerprint density at radius 3 is 2.50 bits per heavy atom. The number of aromatic nitrogens is 3. The van der Waals surface area contributed by atoms with E-state index in [0.717, 1.165) is 11.3 Å². The number of hydrogen-bond donors (Lipinski definition) is 2.